The summed E-state index contributed by atoms with van der Waals surface area (Å²) in [6.45, 7) is 0.663. The van der Waals surface area contributed by atoms with Gasteiger partial charge in [-0.3, -0.25) is 4.79 Å². The van der Waals surface area contributed by atoms with Crippen molar-refractivity contribution in [2.24, 2.45) is 0 Å². The molecule has 2 N–H and O–H groups in total. The predicted octanol–water partition coefficient (Wildman–Crippen LogP) is 3.36. The number of aromatic nitrogens is 2. The summed E-state index contributed by atoms with van der Waals surface area (Å²) >= 11 is 5.99. The molecule has 1 aromatic carbocycles. The van der Waals surface area contributed by atoms with E-state index in [1.54, 1.807) is 26.4 Å². The van der Waals surface area contributed by atoms with Crippen LogP contribution in [0.1, 0.15) is 25.7 Å². The van der Waals surface area contributed by atoms with E-state index < -0.39 is 5.97 Å². The van der Waals surface area contributed by atoms with Crippen LogP contribution in [0.3, 0.4) is 0 Å². The van der Waals surface area contributed by atoms with Gasteiger partial charge >= 0.3 is 5.97 Å². The molecule has 0 amide bonds. The van der Waals surface area contributed by atoms with Gasteiger partial charge in [0.2, 0.25) is 5.28 Å². The zero-order valence-electron chi connectivity index (χ0n) is 13.6. The van der Waals surface area contributed by atoms with Crippen LogP contribution in [0.2, 0.25) is 5.28 Å². The standard InChI is InChI=1S/C16H20ClN3O4/c1-23-12-8-10-11(9-13(12)24-2)19-16(17)20-15(10)18-7-5-3-4-6-14(21)22/h8-9H,3-7H2,1-2H3,(H,21,22)(H,18,19,20). The molecule has 0 saturated heterocycles. The lowest BCUT2D eigenvalue weighted by atomic mass is 10.2. The molecule has 2 aromatic rings. The van der Waals surface area contributed by atoms with E-state index in [-0.39, 0.29) is 11.7 Å². The van der Waals surface area contributed by atoms with E-state index in [0.717, 1.165) is 18.2 Å². The third-order valence-electron chi connectivity index (χ3n) is 3.53. The number of nitrogens with one attached hydrogen (secondary N) is 1. The molecule has 0 aliphatic rings. The summed E-state index contributed by atoms with van der Waals surface area (Å²) in [7, 11) is 3.12. The van der Waals surface area contributed by atoms with Gasteiger partial charge in [-0.2, -0.15) is 0 Å². The molecule has 0 saturated carbocycles. The minimum absolute atomic E-state index is 0.142. The first-order valence-corrected chi connectivity index (χ1v) is 7.98. The summed E-state index contributed by atoms with van der Waals surface area (Å²) in [6.07, 6.45) is 2.52. The quantitative estimate of drug-likeness (QED) is 0.527. The predicted molar refractivity (Wildman–Crippen MR) is 92.2 cm³/mol. The molecule has 0 radical (unpaired) electrons. The first kappa shape index (κ1) is 18.1. The van der Waals surface area contributed by atoms with Gasteiger partial charge in [-0.1, -0.05) is 6.42 Å². The smallest absolute Gasteiger partial charge is 0.303 e. The topological polar surface area (TPSA) is 93.6 Å². The molecular weight excluding hydrogens is 334 g/mol. The highest BCUT2D eigenvalue weighted by molar-refractivity contribution is 6.28. The average molecular weight is 354 g/mol. The Morgan fingerprint density at radius 1 is 1.17 bits per heavy atom. The maximum absolute atomic E-state index is 10.5. The van der Waals surface area contributed by atoms with E-state index in [2.05, 4.69) is 15.3 Å². The number of halogens is 1. The van der Waals surface area contributed by atoms with Gasteiger partial charge in [0.25, 0.3) is 0 Å². The largest absolute Gasteiger partial charge is 0.493 e. The van der Waals surface area contributed by atoms with E-state index in [1.165, 1.54) is 0 Å². The van der Waals surface area contributed by atoms with Crippen LogP contribution in [0.5, 0.6) is 11.5 Å². The number of carboxylic acids is 1. The van der Waals surface area contributed by atoms with Crippen molar-refractivity contribution in [1.82, 2.24) is 9.97 Å². The summed E-state index contributed by atoms with van der Waals surface area (Å²) in [4.78, 5) is 18.9. The Labute approximate surface area is 145 Å². The maximum atomic E-state index is 10.5. The lowest BCUT2D eigenvalue weighted by Gasteiger charge is -2.12. The number of aliphatic carboxylic acids is 1. The summed E-state index contributed by atoms with van der Waals surface area (Å²) in [5.41, 5.74) is 0.654. The van der Waals surface area contributed by atoms with E-state index in [4.69, 9.17) is 26.2 Å². The van der Waals surface area contributed by atoms with Crippen molar-refractivity contribution in [3.63, 3.8) is 0 Å². The monoisotopic (exact) mass is 353 g/mol. The third-order valence-corrected chi connectivity index (χ3v) is 3.70. The molecule has 0 aliphatic carbocycles. The first-order chi connectivity index (χ1) is 11.5. The average Bonchev–Trinajstić information content (AvgIpc) is 2.56. The fraction of sp³-hybridized carbons (Fsp3) is 0.438. The first-order valence-electron chi connectivity index (χ1n) is 7.60. The summed E-state index contributed by atoms with van der Waals surface area (Å²) in [5, 5.41) is 12.8. The van der Waals surface area contributed by atoms with E-state index in [1.807, 2.05) is 0 Å². The van der Waals surface area contributed by atoms with Gasteiger partial charge < -0.3 is 19.9 Å². The summed E-state index contributed by atoms with van der Waals surface area (Å²) in [5.74, 6) is 1.00. The molecule has 0 bridgehead atoms. The number of rotatable bonds is 9. The molecule has 1 heterocycles. The van der Waals surface area contributed by atoms with E-state index in [0.29, 0.717) is 35.8 Å². The fourth-order valence-electron chi connectivity index (χ4n) is 2.35. The van der Waals surface area contributed by atoms with Crippen molar-refractivity contribution in [2.45, 2.75) is 25.7 Å². The summed E-state index contributed by atoms with van der Waals surface area (Å²) < 4.78 is 10.6. The molecule has 0 atom stereocenters. The molecule has 7 nitrogen and oxygen atoms in total. The highest BCUT2D eigenvalue weighted by Gasteiger charge is 2.12. The number of hydrogen-bond acceptors (Lipinski definition) is 6. The molecule has 0 unspecified atom stereocenters. The Morgan fingerprint density at radius 3 is 2.54 bits per heavy atom. The van der Waals surface area contributed by atoms with Crippen LogP contribution in [-0.2, 0) is 4.79 Å². The molecule has 0 aliphatic heterocycles. The van der Waals surface area contributed by atoms with Gasteiger partial charge in [0.15, 0.2) is 11.5 Å². The Balaban J connectivity index is 2.12. The molecule has 24 heavy (non-hydrogen) atoms. The molecule has 1 aromatic heterocycles. The molecule has 2 rings (SSSR count). The van der Waals surface area contributed by atoms with Crippen LogP contribution in [0, 0.1) is 0 Å². The van der Waals surface area contributed by atoms with Crippen molar-refractivity contribution >= 4 is 34.3 Å². The second-order valence-electron chi connectivity index (χ2n) is 5.20. The van der Waals surface area contributed by atoms with Crippen LogP contribution < -0.4 is 14.8 Å². The molecular formula is C16H20ClN3O4. The van der Waals surface area contributed by atoms with Crippen molar-refractivity contribution in [3.05, 3.63) is 17.4 Å². The Kier molecular flexibility index (Phi) is 6.43. The van der Waals surface area contributed by atoms with Crippen LogP contribution in [0.25, 0.3) is 10.9 Å². The second kappa shape index (κ2) is 8.54. The zero-order valence-corrected chi connectivity index (χ0v) is 14.4. The second-order valence-corrected chi connectivity index (χ2v) is 5.53. The van der Waals surface area contributed by atoms with E-state index >= 15 is 0 Å². The lowest BCUT2D eigenvalue weighted by Crippen LogP contribution is -2.06. The molecule has 8 heteroatoms. The van der Waals surface area contributed by atoms with Crippen LogP contribution in [-0.4, -0.2) is 41.8 Å². The molecule has 0 spiro atoms. The van der Waals surface area contributed by atoms with Gasteiger partial charge in [-0.05, 0) is 30.5 Å². The van der Waals surface area contributed by atoms with Crippen molar-refractivity contribution in [2.75, 3.05) is 26.1 Å². The number of methoxy groups -OCH3 is 2. The van der Waals surface area contributed by atoms with Crippen molar-refractivity contribution < 1.29 is 19.4 Å². The third kappa shape index (κ3) is 4.61. The lowest BCUT2D eigenvalue weighted by molar-refractivity contribution is -0.137. The number of nitrogens with zero attached hydrogens (tertiary/aromatic N) is 2. The Hall–Kier alpha value is -2.28. The normalized spacial score (nSPS) is 10.6. The van der Waals surface area contributed by atoms with Crippen LogP contribution in [0.4, 0.5) is 5.82 Å². The number of carbonyl (C=O) groups is 1. The minimum atomic E-state index is -0.766. The Bertz CT molecular complexity index is 724. The number of hydrogen-bond donors (Lipinski definition) is 2. The van der Waals surface area contributed by atoms with E-state index in [9.17, 15) is 4.79 Å². The number of unbranched alkanes of at least 4 members (excludes halogenated alkanes) is 2. The molecule has 130 valence electrons. The number of benzene rings is 1. The number of anilines is 1. The van der Waals surface area contributed by atoms with Gasteiger partial charge in [0, 0.05) is 24.4 Å². The van der Waals surface area contributed by atoms with Crippen molar-refractivity contribution in [3.8, 4) is 11.5 Å². The number of carboxylic acid groups (broad SMARTS) is 1. The van der Waals surface area contributed by atoms with Crippen LogP contribution >= 0.6 is 11.6 Å². The van der Waals surface area contributed by atoms with Crippen LogP contribution in [0.15, 0.2) is 12.1 Å². The maximum Gasteiger partial charge on any atom is 0.303 e. The number of fused-ring (bicyclic) bond motifs is 1. The Morgan fingerprint density at radius 2 is 1.88 bits per heavy atom. The zero-order chi connectivity index (χ0) is 17.5. The molecule has 0 fully saturated rings. The van der Waals surface area contributed by atoms with Crippen molar-refractivity contribution in [1.29, 1.82) is 0 Å². The van der Waals surface area contributed by atoms with Gasteiger partial charge in [0.1, 0.15) is 5.82 Å². The summed E-state index contributed by atoms with van der Waals surface area (Å²) in [6, 6.07) is 3.55. The van der Waals surface area contributed by atoms with Gasteiger partial charge in [-0.25, -0.2) is 9.97 Å². The SMILES string of the molecule is COc1cc2nc(Cl)nc(NCCCCCC(=O)O)c2cc1OC. The highest BCUT2D eigenvalue weighted by atomic mass is 35.5. The highest BCUT2D eigenvalue weighted by Crippen LogP contribution is 2.34. The minimum Gasteiger partial charge on any atom is -0.493 e. The van der Waals surface area contributed by atoms with Gasteiger partial charge in [0.05, 0.1) is 19.7 Å². The van der Waals surface area contributed by atoms with Gasteiger partial charge in [-0.15, -0.1) is 0 Å². The fourth-order valence-corrected chi connectivity index (χ4v) is 2.52. The number of ether oxygens (including phenoxy) is 2.